The summed E-state index contributed by atoms with van der Waals surface area (Å²) in [5.41, 5.74) is 9.90. The molecule has 28 heavy (non-hydrogen) atoms. The van der Waals surface area contributed by atoms with E-state index in [1.165, 1.54) is 19.8 Å². The van der Waals surface area contributed by atoms with Gasteiger partial charge in [0.1, 0.15) is 0 Å². The molecule has 1 saturated carbocycles. The van der Waals surface area contributed by atoms with Gasteiger partial charge in [-0.05, 0) is 55.5 Å². The second-order valence-corrected chi connectivity index (χ2v) is 6.89. The molecular weight excluding hydrogens is 354 g/mol. The molecule has 142 valence electrons. The Bertz CT molecular complexity index is 1000. The lowest BCUT2D eigenvalue weighted by atomic mass is 10.1. The molecule has 2 heterocycles. The second-order valence-electron chi connectivity index (χ2n) is 6.89. The Morgan fingerprint density at radius 1 is 1.11 bits per heavy atom. The molecule has 0 atom stereocenters. The molecule has 4 N–H and O–H groups in total. The van der Waals surface area contributed by atoms with Gasteiger partial charge in [0, 0.05) is 36.3 Å². The molecule has 0 saturated heterocycles. The number of carbonyl (C=O) groups is 1. The maximum absolute atomic E-state index is 11.1. The molecule has 2 aromatic heterocycles. The smallest absolute Gasteiger partial charge is 0.227 e. The van der Waals surface area contributed by atoms with E-state index in [0.29, 0.717) is 11.9 Å². The predicted molar refractivity (Wildman–Crippen MR) is 108 cm³/mol. The molecule has 8 heteroatoms. The van der Waals surface area contributed by atoms with Gasteiger partial charge < -0.3 is 16.4 Å². The molecule has 0 aliphatic heterocycles. The summed E-state index contributed by atoms with van der Waals surface area (Å²) in [6, 6.07) is 9.18. The van der Waals surface area contributed by atoms with E-state index in [0.717, 1.165) is 34.7 Å². The fourth-order valence-electron chi connectivity index (χ4n) is 2.94. The number of hydrogen-bond acceptors (Lipinski definition) is 7. The average Bonchev–Trinajstić information content (AvgIpc) is 3.47. The molecule has 1 amide bonds. The molecule has 0 radical (unpaired) electrons. The van der Waals surface area contributed by atoms with Crippen molar-refractivity contribution in [3.63, 3.8) is 0 Å². The molecule has 8 nitrogen and oxygen atoms in total. The summed E-state index contributed by atoms with van der Waals surface area (Å²) in [6.45, 7) is 1.48. The lowest BCUT2D eigenvalue weighted by molar-refractivity contribution is -0.114. The summed E-state index contributed by atoms with van der Waals surface area (Å²) in [6.07, 6.45) is 6.78. The Hall–Kier alpha value is -3.55. The van der Waals surface area contributed by atoms with Crippen LogP contribution in [-0.4, -0.2) is 25.8 Å². The summed E-state index contributed by atoms with van der Waals surface area (Å²) in [5.74, 6) is 1.32. The summed E-state index contributed by atoms with van der Waals surface area (Å²) < 4.78 is 0. The van der Waals surface area contributed by atoms with Gasteiger partial charge >= 0.3 is 0 Å². The highest BCUT2D eigenvalue weighted by atomic mass is 16.1. The van der Waals surface area contributed by atoms with Crippen LogP contribution in [0.25, 0.3) is 11.3 Å². The zero-order valence-corrected chi connectivity index (χ0v) is 15.5. The molecule has 1 fully saturated rings. The van der Waals surface area contributed by atoms with E-state index in [2.05, 4.69) is 30.6 Å². The van der Waals surface area contributed by atoms with Crippen LogP contribution in [0.5, 0.6) is 0 Å². The van der Waals surface area contributed by atoms with Gasteiger partial charge in [-0.25, -0.2) is 19.9 Å². The zero-order chi connectivity index (χ0) is 19.5. The highest BCUT2D eigenvalue weighted by Gasteiger charge is 2.24. The minimum atomic E-state index is -0.107. The maximum Gasteiger partial charge on any atom is 0.227 e. The number of amides is 1. The van der Waals surface area contributed by atoms with Crippen molar-refractivity contribution < 1.29 is 4.79 Å². The molecular formula is C20H21N7O. The van der Waals surface area contributed by atoms with E-state index >= 15 is 0 Å². The Kier molecular flexibility index (Phi) is 4.84. The largest absolute Gasteiger partial charge is 0.368 e. The minimum Gasteiger partial charge on any atom is -0.368 e. The number of carbonyl (C=O) groups excluding carboxylic acids is 1. The average molecular weight is 375 g/mol. The van der Waals surface area contributed by atoms with Crippen LogP contribution < -0.4 is 16.4 Å². The monoisotopic (exact) mass is 375 g/mol. The summed E-state index contributed by atoms with van der Waals surface area (Å²) >= 11 is 0. The van der Waals surface area contributed by atoms with E-state index in [1.807, 2.05) is 30.3 Å². The van der Waals surface area contributed by atoms with E-state index < -0.39 is 0 Å². The zero-order valence-electron chi connectivity index (χ0n) is 15.5. The number of benzene rings is 1. The number of rotatable bonds is 6. The van der Waals surface area contributed by atoms with Crippen LogP contribution in [0, 0.1) is 5.92 Å². The number of hydrogen-bond donors (Lipinski definition) is 3. The molecule has 1 aliphatic rings. The first-order chi connectivity index (χ1) is 13.6. The number of nitrogen functional groups attached to an aromatic ring is 1. The van der Waals surface area contributed by atoms with Crippen LogP contribution in [-0.2, 0) is 11.2 Å². The maximum atomic E-state index is 11.1. The molecule has 0 unspecified atom stereocenters. The standard InChI is InChI=1S/C20H21N7O/c1-12(28)24-14-4-6-15(7-5-14)25-20-22-9-8-17(27-20)16-11-23-19(21)26-18(16)10-13-2-3-13/h4-9,11,13H,2-3,10H2,1H3,(H,24,28)(H2,21,23,26)(H,22,25,27). The molecule has 0 bridgehead atoms. The molecule has 1 aromatic carbocycles. The van der Waals surface area contributed by atoms with Gasteiger partial charge in [-0.3, -0.25) is 4.79 Å². The van der Waals surface area contributed by atoms with Gasteiger partial charge in [0.15, 0.2) is 0 Å². The number of anilines is 4. The third-order valence-electron chi connectivity index (χ3n) is 4.46. The summed E-state index contributed by atoms with van der Waals surface area (Å²) in [5, 5.41) is 5.91. The van der Waals surface area contributed by atoms with Crippen molar-refractivity contribution in [1.29, 1.82) is 0 Å². The van der Waals surface area contributed by atoms with E-state index in [1.54, 1.807) is 12.4 Å². The van der Waals surface area contributed by atoms with Gasteiger partial charge in [-0.15, -0.1) is 0 Å². The third kappa shape index (κ3) is 4.40. The van der Waals surface area contributed by atoms with E-state index in [-0.39, 0.29) is 11.9 Å². The van der Waals surface area contributed by atoms with Crippen molar-refractivity contribution in [2.75, 3.05) is 16.4 Å². The Balaban J connectivity index is 1.56. The van der Waals surface area contributed by atoms with Gasteiger partial charge in [0.05, 0.1) is 11.4 Å². The summed E-state index contributed by atoms with van der Waals surface area (Å²) in [7, 11) is 0. The van der Waals surface area contributed by atoms with Crippen LogP contribution in [0.2, 0.25) is 0 Å². The van der Waals surface area contributed by atoms with Gasteiger partial charge in [-0.1, -0.05) is 0 Å². The minimum absolute atomic E-state index is 0.107. The molecule has 3 aromatic rings. The topological polar surface area (TPSA) is 119 Å². The lowest BCUT2D eigenvalue weighted by Crippen LogP contribution is -2.06. The Labute approximate surface area is 162 Å². The highest BCUT2D eigenvalue weighted by Crippen LogP contribution is 2.34. The Morgan fingerprint density at radius 3 is 2.57 bits per heavy atom. The van der Waals surface area contributed by atoms with E-state index in [4.69, 9.17) is 5.73 Å². The quantitative estimate of drug-likeness (QED) is 0.605. The van der Waals surface area contributed by atoms with Crippen molar-refractivity contribution in [2.24, 2.45) is 5.92 Å². The molecule has 4 rings (SSSR count). The fraction of sp³-hybridized carbons (Fsp3) is 0.250. The lowest BCUT2D eigenvalue weighted by Gasteiger charge is -2.10. The number of aromatic nitrogens is 4. The normalized spacial score (nSPS) is 13.2. The first kappa shape index (κ1) is 17.8. The highest BCUT2D eigenvalue weighted by molar-refractivity contribution is 5.88. The van der Waals surface area contributed by atoms with Crippen molar-refractivity contribution in [2.45, 2.75) is 26.2 Å². The third-order valence-corrected chi connectivity index (χ3v) is 4.46. The van der Waals surface area contributed by atoms with Crippen LogP contribution in [0.3, 0.4) is 0 Å². The first-order valence-electron chi connectivity index (χ1n) is 9.16. The molecule has 0 spiro atoms. The SMILES string of the molecule is CC(=O)Nc1ccc(Nc2nccc(-c3cnc(N)nc3CC3CC3)n2)cc1. The van der Waals surface area contributed by atoms with Crippen molar-refractivity contribution >= 4 is 29.2 Å². The van der Waals surface area contributed by atoms with Crippen LogP contribution in [0.1, 0.15) is 25.5 Å². The van der Waals surface area contributed by atoms with Gasteiger partial charge in [0.2, 0.25) is 17.8 Å². The number of nitrogens with zero attached hydrogens (tertiary/aromatic N) is 4. The summed E-state index contributed by atoms with van der Waals surface area (Å²) in [4.78, 5) is 28.6. The first-order valence-corrected chi connectivity index (χ1v) is 9.16. The van der Waals surface area contributed by atoms with Gasteiger partial charge in [0.25, 0.3) is 0 Å². The predicted octanol–water partition coefficient (Wildman–Crippen LogP) is 3.17. The van der Waals surface area contributed by atoms with Crippen molar-refractivity contribution in [3.05, 3.63) is 48.4 Å². The van der Waals surface area contributed by atoms with Crippen molar-refractivity contribution in [1.82, 2.24) is 19.9 Å². The van der Waals surface area contributed by atoms with Gasteiger partial charge in [-0.2, -0.15) is 0 Å². The van der Waals surface area contributed by atoms with Crippen LogP contribution in [0.4, 0.5) is 23.3 Å². The van der Waals surface area contributed by atoms with Crippen LogP contribution >= 0.6 is 0 Å². The Morgan fingerprint density at radius 2 is 1.86 bits per heavy atom. The second kappa shape index (κ2) is 7.59. The van der Waals surface area contributed by atoms with Crippen LogP contribution in [0.15, 0.2) is 42.7 Å². The fourth-order valence-corrected chi connectivity index (χ4v) is 2.94. The molecule has 1 aliphatic carbocycles. The number of nitrogens with two attached hydrogens (primary N) is 1. The van der Waals surface area contributed by atoms with Crippen molar-refractivity contribution in [3.8, 4) is 11.3 Å². The van der Waals surface area contributed by atoms with E-state index in [9.17, 15) is 4.79 Å². The number of nitrogens with one attached hydrogen (secondary N) is 2.